The lowest BCUT2D eigenvalue weighted by Gasteiger charge is -2.24. The molecular weight excluding hydrogens is 302 g/mol. The number of aryl methyl sites for hydroxylation is 2. The van der Waals surface area contributed by atoms with E-state index in [9.17, 15) is 4.79 Å². The van der Waals surface area contributed by atoms with Crippen molar-refractivity contribution in [3.8, 4) is 0 Å². The number of nitrogens with zero attached hydrogens (tertiary/aromatic N) is 2. The van der Waals surface area contributed by atoms with Crippen molar-refractivity contribution < 1.29 is 9.21 Å². The van der Waals surface area contributed by atoms with Crippen LogP contribution in [0, 0.1) is 0 Å². The standard InChI is InChI=1S/C19H21N3O2/c1-2-13-3-5-16-14(12-24-17(16)9-13)10-19(23)21-15-4-6-18-20-7-8-22(18)11-15/h3,5,7-9,12,15H,2,4,6,10-11H2,1H3,(H,21,23)/t15-/m1/s1. The van der Waals surface area contributed by atoms with Gasteiger partial charge in [-0.2, -0.15) is 0 Å². The minimum atomic E-state index is 0.0471. The zero-order chi connectivity index (χ0) is 16.5. The summed E-state index contributed by atoms with van der Waals surface area (Å²) in [5, 5.41) is 4.18. The lowest BCUT2D eigenvalue weighted by Crippen LogP contribution is -2.41. The molecule has 4 rings (SSSR count). The molecule has 1 aromatic carbocycles. The van der Waals surface area contributed by atoms with Crippen molar-refractivity contribution in [3.63, 3.8) is 0 Å². The summed E-state index contributed by atoms with van der Waals surface area (Å²) >= 11 is 0. The molecule has 0 saturated heterocycles. The van der Waals surface area contributed by atoms with Crippen LogP contribution in [0.5, 0.6) is 0 Å². The second kappa shape index (κ2) is 6.15. The number of carbonyl (C=O) groups excluding carboxylic acids is 1. The zero-order valence-corrected chi connectivity index (χ0v) is 13.8. The number of nitrogens with one attached hydrogen (secondary N) is 1. The van der Waals surface area contributed by atoms with E-state index in [2.05, 4.69) is 40.0 Å². The van der Waals surface area contributed by atoms with E-state index in [0.717, 1.165) is 48.2 Å². The lowest BCUT2D eigenvalue weighted by atomic mass is 10.0. The molecule has 5 nitrogen and oxygen atoms in total. The Bertz CT molecular complexity index is 878. The van der Waals surface area contributed by atoms with E-state index >= 15 is 0 Å². The maximum atomic E-state index is 12.4. The predicted octanol–water partition coefficient (Wildman–Crippen LogP) is 2.87. The molecule has 124 valence electrons. The highest BCUT2D eigenvalue weighted by Crippen LogP contribution is 2.23. The molecule has 1 aliphatic rings. The second-order valence-electron chi connectivity index (χ2n) is 6.42. The van der Waals surface area contributed by atoms with Crippen LogP contribution in [0.1, 0.15) is 30.3 Å². The first-order valence-corrected chi connectivity index (χ1v) is 8.51. The van der Waals surface area contributed by atoms with E-state index in [1.54, 1.807) is 6.26 Å². The molecule has 0 radical (unpaired) electrons. The summed E-state index contributed by atoms with van der Waals surface area (Å²) < 4.78 is 7.75. The van der Waals surface area contributed by atoms with Gasteiger partial charge in [-0.1, -0.05) is 19.1 Å². The van der Waals surface area contributed by atoms with Crippen LogP contribution in [0.4, 0.5) is 0 Å². The summed E-state index contributed by atoms with van der Waals surface area (Å²) in [7, 11) is 0. The highest BCUT2D eigenvalue weighted by atomic mass is 16.3. The third kappa shape index (κ3) is 2.82. The molecule has 1 amide bonds. The smallest absolute Gasteiger partial charge is 0.224 e. The van der Waals surface area contributed by atoms with Crippen LogP contribution in [0.2, 0.25) is 0 Å². The molecule has 0 spiro atoms. The van der Waals surface area contributed by atoms with Crippen LogP contribution >= 0.6 is 0 Å². The number of benzene rings is 1. The van der Waals surface area contributed by atoms with E-state index in [4.69, 9.17) is 4.42 Å². The molecular formula is C19H21N3O2. The third-order valence-corrected chi connectivity index (χ3v) is 4.78. The fourth-order valence-corrected chi connectivity index (χ4v) is 3.42. The van der Waals surface area contributed by atoms with Crippen molar-refractivity contribution in [2.24, 2.45) is 0 Å². The van der Waals surface area contributed by atoms with E-state index in [-0.39, 0.29) is 11.9 Å². The van der Waals surface area contributed by atoms with Crippen molar-refractivity contribution in [3.05, 3.63) is 53.8 Å². The summed E-state index contributed by atoms with van der Waals surface area (Å²) in [4.78, 5) is 16.7. The van der Waals surface area contributed by atoms with Gasteiger partial charge in [-0.05, 0) is 24.5 Å². The Morgan fingerprint density at radius 2 is 2.38 bits per heavy atom. The van der Waals surface area contributed by atoms with Crippen LogP contribution in [-0.4, -0.2) is 21.5 Å². The maximum Gasteiger partial charge on any atom is 0.224 e. The van der Waals surface area contributed by atoms with E-state index < -0.39 is 0 Å². The predicted molar refractivity (Wildman–Crippen MR) is 91.8 cm³/mol. The molecule has 0 fully saturated rings. The largest absolute Gasteiger partial charge is 0.464 e. The molecule has 24 heavy (non-hydrogen) atoms. The number of carbonyl (C=O) groups is 1. The van der Waals surface area contributed by atoms with Gasteiger partial charge in [-0.15, -0.1) is 0 Å². The van der Waals surface area contributed by atoms with Gasteiger partial charge in [0.1, 0.15) is 11.4 Å². The van der Waals surface area contributed by atoms with E-state index in [0.29, 0.717) is 6.42 Å². The first-order valence-electron chi connectivity index (χ1n) is 8.51. The van der Waals surface area contributed by atoms with Crippen molar-refractivity contribution in [1.29, 1.82) is 0 Å². The van der Waals surface area contributed by atoms with Crippen LogP contribution in [0.25, 0.3) is 11.0 Å². The number of hydrogen-bond acceptors (Lipinski definition) is 3. The van der Waals surface area contributed by atoms with Gasteiger partial charge in [0.2, 0.25) is 5.91 Å². The Balaban J connectivity index is 1.43. The molecule has 0 bridgehead atoms. The van der Waals surface area contributed by atoms with Gasteiger partial charge in [0.05, 0.1) is 12.7 Å². The summed E-state index contributed by atoms with van der Waals surface area (Å²) in [5.41, 5.74) is 3.05. The Morgan fingerprint density at radius 1 is 1.46 bits per heavy atom. The molecule has 3 aromatic rings. The average Bonchev–Trinajstić information content (AvgIpc) is 3.21. The SMILES string of the molecule is CCc1ccc2c(CC(=O)N[C@@H]3CCc4nccn4C3)coc2c1. The molecule has 0 saturated carbocycles. The van der Waals surface area contributed by atoms with E-state index in [1.807, 2.05) is 12.4 Å². The van der Waals surface area contributed by atoms with Gasteiger partial charge in [-0.25, -0.2) is 4.98 Å². The summed E-state index contributed by atoms with van der Waals surface area (Å²) in [6, 6.07) is 6.38. The molecule has 1 atom stereocenters. The monoisotopic (exact) mass is 323 g/mol. The lowest BCUT2D eigenvalue weighted by molar-refractivity contribution is -0.121. The fourth-order valence-electron chi connectivity index (χ4n) is 3.42. The summed E-state index contributed by atoms with van der Waals surface area (Å²) in [6.45, 7) is 2.92. The quantitative estimate of drug-likeness (QED) is 0.803. The van der Waals surface area contributed by atoms with Gasteiger partial charge >= 0.3 is 0 Å². The number of aromatic nitrogens is 2. The highest BCUT2D eigenvalue weighted by molar-refractivity contribution is 5.88. The Morgan fingerprint density at radius 3 is 3.25 bits per heavy atom. The molecule has 2 aromatic heterocycles. The minimum absolute atomic E-state index is 0.0471. The van der Waals surface area contributed by atoms with Gasteiger partial charge in [0.25, 0.3) is 0 Å². The van der Waals surface area contributed by atoms with Gasteiger partial charge in [0.15, 0.2) is 0 Å². The first kappa shape index (κ1) is 15.0. The Labute approximate surface area is 140 Å². The van der Waals surface area contributed by atoms with Crippen LogP contribution in [0.3, 0.4) is 0 Å². The van der Waals surface area contributed by atoms with Gasteiger partial charge in [-0.3, -0.25) is 4.79 Å². The number of hydrogen-bond donors (Lipinski definition) is 1. The van der Waals surface area contributed by atoms with Gasteiger partial charge < -0.3 is 14.3 Å². The summed E-state index contributed by atoms with van der Waals surface area (Å²) in [5.74, 6) is 1.15. The number of amides is 1. The van der Waals surface area contributed by atoms with Crippen LogP contribution < -0.4 is 5.32 Å². The average molecular weight is 323 g/mol. The zero-order valence-electron chi connectivity index (χ0n) is 13.8. The van der Waals surface area contributed by atoms with Crippen molar-refractivity contribution in [1.82, 2.24) is 14.9 Å². The molecule has 5 heteroatoms. The molecule has 1 N–H and O–H groups in total. The summed E-state index contributed by atoms with van der Waals surface area (Å²) in [6.07, 6.45) is 8.68. The second-order valence-corrected chi connectivity index (χ2v) is 6.42. The molecule has 3 heterocycles. The Kier molecular flexibility index (Phi) is 3.84. The number of imidazole rings is 1. The highest BCUT2D eigenvalue weighted by Gasteiger charge is 2.21. The number of fused-ring (bicyclic) bond motifs is 2. The molecule has 0 aliphatic carbocycles. The maximum absolute atomic E-state index is 12.4. The molecule has 1 aliphatic heterocycles. The number of rotatable bonds is 4. The first-order chi connectivity index (χ1) is 11.7. The van der Waals surface area contributed by atoms with Crippen molar-refractivity contribution in [2.45, 2.75) is 45.2 Å². The van der Waals surface area contributed by atoms with Crippen molar-refractivity contribution >= 4 is 16.9 Å². The fraction of sp³-hybridized carbons (Fsp3) is 0.368. The normalized spacial score (nSPS) is 17.0. The third-order valence-electron chi connectivity index (χ3n) is 4.78. The van der Waals surface area contributed by atoms with Crippen LogP contribution in [-0.2, 0) is 30.6 Å². The van der Waals surface area contributed by atoms with Gasteiger partial charge in [0, 0.05) is 42.4 Å². The van der Waals surface area contributed by atoms with E-state index in [1.165, 1.54) is 5.56 Å². The van der Waals surface area contributed by atoms with Crippen LogP contribution in [0.15, 0.2) is 41.3 Å². The van der Waals surface area contributed by atoms with Crippen molar-refractivity contribution in [2.75, 3.05) is 0 Å². The Hall–Kier alpha value is -2.56. The minimum Gasteiger partial charge on any atom is -0.464 e. The topological polar surface area (TPSA) is 60.1 Å². The molecule has 0 unspecified atom stereocenters. The number of furan rings is 1.